The van der Waals surface area contributed by atoms with E-state index in [4.69, 9.17) is 23.2 Å². The zero-order valence-corrected chi connectivity index (χ0v) is 25.9. The predicted molar refractivity (Wildman–Crippen MR) is 159 cm³/mol. The molecule has 0 aromatic heterocycles. The summed E-state index contributed by atoms with van der Waals surface area (Å²) in [6, 6.07) is 18.4. The first-order valence-electron chi connectivity index (χ1n) is 12.1. The van der Waals surface area contributed by atoms with Crippen molar-refractivity contribution in [3.63, 3.8) is 0 Å². The van der Waals surface area contributed by atoms with Crippen LogP contribution in [0.2, 0.25) is 10.0 Å². The number of sulfonamides is 1. The first-order valence-corrected chi connectivity index (χ1v) is 15.1. The fourth-order valence-electron chi connectivity index (χ4n) is 3.74. The zero-order chi connectivity index (χ0) is 29.0. The zero-order valence-electron chi connectivity index (χ0n) is 22.0. The molecule has 0 saturated carbocycles. The summed E-state index contributed by atoms with van der Waals surface area (Å²) in [7, 11) is -4.21. The van der Waals surface area contributed by atoms with Crippen LogP contribution < -0.4 is 9.62 Å². The Balaban J connectivity index is 2.03. The molecule has 0 aliphatic carbocycles. The second kappa shape index (κ2) is 12.7. The fraction of sp³-hybridized carbons (Fsp3) is 0.286. The number of halogens is 3. The number of benzene rings is 3. The van der Waals surface area contributed by atoms with Gasteiger partial charge in [-0.25, -0.2) is 8.42 Å². The van der Waals surface area contributed by atoms with E-state index in [1.54, 1.807) is 25.1 Å². The maximum absolute atomic E-state index is 13.9. The van der Waals surface area contributed by atoms with Crippen LogP contribution in [0.1, 0.15) is 33.3 Å². The lowest BCUT2D eigenvalue weighted by Crippen LogP contribution is -2.54. The smallest absolute Gasteiger partial charge is 0.264 e. The highest BCUT2D eigenvalue weighted by Crippen LogP contribution is 2.27. The summed E-state index contributed by atoms with van der Waals surface area (Å²) in [6.07, 6.45) is 0. The molecule has 11 heteroatoms. The second-order valence-corrected chi connectivity index (χ2v) is 13.7. The summed E-state index contributed by atoms with van der Waals surface area (Å²) < 4.78 is 29.4. The number of hydrogen-bond acceptors (Lipinski definition) is 4. The third-order valence-electron chi connectivity index (χ3n) is 5.71. The summed E-state index contributed by atoms with van der Waals surface area (Å²) in [5.74, 6) is -0.921. The van der Waals surface area contributed by atoms with Gasteiger partial charge in [0, 0.05) is 26.6 Å². The third kappa shape index (κ3) is 8.45. The Morgan fingerprint density at radius 3 is 2.13 bits per heavy atom. The summed E-state index contributed by atoms with van der Waals surface area (Å²) >= 11 is 15.6. The Hall–Kier alpha value is -2.59. The Morgan fingerprint density at radius 2 is 1.56 bits per heavy atom. The lowest BCUT2D eigenvalue weighted by molar-refractivity contribution is -0.140. The van der Waals surface area contributed by atoms with Crippen molar-refractivity contribution >= 4 is 66.7 Å². The van der Waals surface area contributed by atoms with Crippen LogP contribution >= 0.6 is 39.1 Å². The van der Waals surface area contributed by atoms with Gasteiger partial charge in [0.05, 0.1) is 10.6 Å². The van der Waals surface area contributed by atoms with E-state index >= 15 is 0 Å². The van der Waals surface area contributed by atoms with Crippen molar-refractivity contribution in [2.75, 3.05) is 10.8 Å². The topological polar surface area (TPSA) is 86.8 Å². The van der Waals surface area contributed by atoms with Gasteiger partial charge >= 0.3 is 0 Å². The molecule has 3 rings (SSSR count). The van der Waals surface area contributed by atoms with Gasteiger partial charge in [0.2, 0.25) is 11.8 Å². The first kappa shape index (κ1) is 30.9. The molecule has 3 aromatic carbocycles. The van der Waals surface area contributed by atoms with Gasteiger partial charge in [-0.2, -0.15) is 0 Å². The molecule has 0 spiro atoms. The van der Waals surface area contributed by atoms with Crippen LogP contribution in [0.25, 0.3) is 0 Å². The van der Waals surface area contributed by atoms with Crippen LogP contribution in [0.3, 0.4) is 0 Å². The summed E-state index contributed by atoms with van der Waals surface area (Å²) in [5.41, 5.74) is 0.459. The van der Waals surface area contributed by atoms with Crippen LogP contribution in [0.5, 0.6) is 0 Å². The van der Waals surface area contributed by atoms with Gasteiger partial charge in [-0.15, -0.1) is 0 Å². The Kier molecular flexibility index (Phi) is 10.1. The van der Waals surface area contributed by atoms with Gasteiger partial charge in [0.25, 0.3) is 10.0 Å². The van der Waals surface area contributed by atoms with E-state index in [1.165, 1.54) is 35.2 Å². The number of hydrogen-bond donors (Lipinski definition) is 1. The lowest BCUT2D eigenvalue weighted by atomic mass is 10.1. The molecule has 208 valence electrons. The minimum Gasteiger partial charge on any atom is -0.350 e. The maximum Gasteiger partial charge on any atom is 0.264 e. The molecule has 2 amide bonds. The van der Waals surface area contributed by atoms with Crippen molar-refractivity contribution in [2.24, 2.45) is 0 Å². The highest BCUT2D eigenvalue weighted by molar-refractivity contribution is 9.10. The molecular weight excluding hydrogens is 625 g/mol. The first-order chi connectivity index (χ1) is 18.2. The second-order valence-electron chi connectivity index (χ2n) is 10.0. The van der Waals surface area contributed by atoms with Gasteiger partial charge in [-0.3, -0.25) is 13.9 Å². The summed E-state index contributed by atoms with van der Waals surface area (Å²) in [4.78, 5) is 28.4. The van der Waals surface area contributed by atoms with Crippen molar-refractivity contribution in [2.45, 2.75) is 50.7 Å². The number of rotatable bonds is 9. The average Bonchev–Trinajstić information content (AvgIpc) is 2.85. The standard InChI is InChI=1S/C28H30BrCl2N3O4S/c1-19(27(36)32-28(2,3)4)33(17-20-8-10-21(29)11-9-20)26(35)18-34(24-7-5-6-23(31)16-24)39(37,38)25-14-12-22(30)13-15-25/h5-16,19H,17-18H2,1-4H3,(H,32,36)/t19-/m1/s1. The normalized spacial score (nSPS) is 12.5. The number of anilines is 1. The SMILES string of the molecule is C[C@H](C(=O)NC(C)(C)C)N(Cc1ccc(Br)cc1)C(=O)CN(c1cccc(Cl)c1)S(=O)(=O)c1ccc(Cl)cc1. The third-order valence-corrected chi connectivity index (χ3v) is 8.51. The van der Waals surface area contributed by atoms with E-state index in [0.29, 0.717) is 10.0 Å². The number of nitrogens with zero attached hydrogens (tertiary/aromatic N) is 2. The highest BCUT2D eigenvalue weighted by atomic mass is 79.9. The van der Waals surface area contributed by atoms with Gasteiger partial charge in [0.15, 0.2) is 0 Å². The Morgan fingerprint density at radius 1 is 0.949 bits per heavy atom. The molecule has 1 N–H and O–H groups in total. The molecular formula is C28H30BrCl2N3O4S. The molecule has 0 heterocycles. The molecule has 0 aliphatic heterocycles. The molecule has 0 radical (unpaired) electrons. The van der Waals surface area contributed by atoms with Gasteiger partial charge in [0.1, 0.15) is 12.6 Å². The molecule has 7 nitrogen and oxygen atoms in total. The van der Waals surface area contributed by atoms with Crippen LogP contribution in [-0.2, 0) is 26.2 Å². The average molecular weight is 655 g/mol. The van der Waals surface area contributed by atoms with E-state index in [9.17, 15) is 18.0 Å². The predicted octanol–water partition coefficient (Wildman–Crippen LogP) is 6.28. The Bertz CT molecular complexity index is 1430. The monoisotopic (exact) mass is 653 g/mol. The molecule has 0 aliphatic rings. The van der Waals surface area contributed by atoms with E-state index in [0.717, 1.165) is 14.3 Å². The van der Waals surface area contributed by atoms with E-state index in [-0.39, 0.29) is 23.0 Å². The molecule has 39 heavy (non-hydrogen) atoms. The largest absolute Gasteiger partial charge is 0.350 e. The molecule has 0 fully saturated rings. The number of carbonyl (C=O) groups excluding carboxylic acids is 2. The van der Waals surface area contributed by atoms with Crippen LogP contribution in [-0.4, -0.2) is 43.3 Å². The lowest BCUT2D eigenvalue weighted by Gasteiger charge is -2.33. The van der Waals surface area contributed by atoms with Crippen molar-refractivity contribution in [3.05, 3.63) is 92.9 Å². The summed E-state index contributed by atoms with van der Waals surface area (Å²) in [5, 5.41) is 3.58. The number of nitrogens with one attached hydrogen (secondary N) is 1. The van der Waals surface area contributed by atoms with Crippen molar-refractivity contribution in [1.82, 2.24) is 10.2 Å². The van der Waals surface area contributed by atoms with E-state index < -0.39 is 34.1 Å². The minimum absolute atomic E-state index is 0.0438. The molecule has 0 bridgehead atoms. The van der Waals surface area contributed by atoms with Crippen LogP contribution in [0.4, 0.5) is 5.69 Å². The van der Waals surface area contributed by atoms with E-state index in [1.807, 2.05) is 45.0 Å². The van der Waals surface area contributed by atoms with Crippen LogP contribution in [0.15, 0.2) is 82.2 Å². The van der Waals surface area contributed by atoms with Gasteiger partial charge < -0.3 is 10.2 Å². The van der Waals surface area contributed by atoms with Crippen LogP contribution in [0, 0.1) is 0 Å². The minimum atomic E-state index is -4.21. The molecule has 0 unspecified atom stereocenters. The quantitative estimate of drug-likeness (QED) is 0.294. The summed E-state index contributed by atoms with van der Waals surface area (Å²) in [6.45, 7) is 6.69. The number of carbonyl (C=O) groups is 2. The van der Waals surface area contributed by atoms with Gasteiger partial charge in [-0.05, 0) is 87.9 Å². The van der Waals surface area contributed by atoms with Crippen molar-refractivity contribution in [1.29, 1.82) is 0 Å². The molecule has 3 aromatic rings. The molecule has 0 saturated heterocycles. The highest BCUT2D eigenvalue weighted by Gasteiger charge is 2.33. The van der Waals surface area contributed by atoms with Gasteiger partial charge in [-0.1, -0.05) is 57.3 Å². The van der Waals surface area contributed by atoms with Crippen molar-refractivity contribution < 1.29 is 18.0 Å². The maximum atomic E-state index is 13.9. The Labute approximate surface area is 248 Å². The van der Waals surface area contributed by atoms with E-state index in [2.05, 4.69) is 21.2 Å². The molecule has 1 atom stereocenters. The van der Waals surface area contributed by atoms with Crippen molar-refractivity contribution in [3.8, 4) is 0 Å². The number of amides is 2. The fourth-order valence-corrected chi connectivity index (χ4v) is 5.72.